The van der Waals surface area contributed by atoms with Gasteiger partial charge in [0.1, 0.15) is 11.8 Å². The molecular weight excluding hydrogens is 252 g/mol. The van der Waals surface area contributed by atoms with Crippen LogP contribution < -0.4 is 15.8 Å². The van der Waals surface area contributed by atoms with Gasteiger partial charge in [-0.15, -0.1) is 0 Å². The summed E-state index contributed by atoms with van der Waals surface area (Å²) >= 11 is 0. The molecule has 1 atom stereocenters. The molecule has 20 heavy (non-hydrogen) atoms. The highest BCUT2D eigenvalue weighted by Gasteiger charge is 2.15. The molecule has 0 aromatic heterocycles. The predicted octanol–water partition coefficient (Wildman–Crippen LogP) is 2.01. The Kier molecular flexibility index (Phi) is 4.74. The number of carbonyl (C=O) groups is 1. The molecule has 1 amide bonds. The first-order valence-electron chi connectivity index (χ1n) is 6.42. The van der Waals surface area contributed by atoms with Crippen molar-refractivity contribution >= 4 is 5.91 Å². The van der Waals surface area contributed by atoms with Crippen molar-refractivity contribution in [2.75, 3.05) is 7.11 Å². The monoisotopic (exact) mass is 270 g/mol. The molecule has 2 aromatic carbocycles. The van der Waals surface area contributed by atoms with E-state index in [1.54, 1.807) is 7.11 Å². The molecular formula is C16H18N2O2. The third kappa shape index (κ3) is 3.36. The highest BCUT2D eigenvalue weighted by atomic mass is 16.5. The molecule has 0 bridgehead atoms. The van der Waals surface area contributed by atoms with Crippen LogP contribution in [0, 0.1) is 0 Å². The Labute approximate surface area is 118 Å². The Bertz CT molecular complexity index is 570. The van der Waals surface area contributed by atoms with Crippen molar-refractivity contribution in [3.8, 4) is 5.75 Å². The predicted molar refractivity (Wildman–Crippen MR) is 78.2 cm³/mol. The minimum Gasteiger partial charge on any atom is -0.496 e. The SMILES string of the molecule is COc1ccccc1CNC(=O)C(N)c1ccccc1. The van der Waals surface area contributed by atoms with E-state index >= 15 is 0 Å². The first-order valence-corrected chi connectivity index (χ1v) is 6.42. The van der Waals surface area contributed by atoms with Crippen LogP contribution in [-0.2, 0) is 11.3 Å². The molecule has 0 fully saturated rings. The standard InChI is InChI=1S/C16H18N2O2/c1-20-14-10-6-5-9-13(14)11-18-16(19)15(17)12-7-3-2-4-8-12/h2-10,15H,11,17H2,1H3,(H,18,19). The zero-order valence-electron chi connectivity index (χ0n) is 11.4. The second kappa shape index (κ2) is 6.73. The van der Waals surface area contributed by atoms with Gasteiger partial charge in [-0.05, 0) is 11.6 Å². The van der Waals surface area contributed by atoms with Crippen LogP contribution in [0.3, 0.4) is 0 Å². The number of methoxy groups -OCH3 is 1. The van der Waals surface area contributed by atoms with Gasteiger partial charge in [-0.1, -0.05) is 48.5 Å². The van der Waals surface area contributed by atoms with Gasteiger partial charge in [0.15, 0.2) is 0 Å². The summed E-state index contributed by atoms with van der Waals surface area (Å²) in [5, 5.41) is 2.83. The molecule has 2 rings (SSSR count). The van der Waals surface area contributed by atoms with Gasteiger partial charge in [0, 0.05) is 12.1 Å². The highest BCUT2D eigenvalue weighted by Crippen LogP contribution is 2.17. The van der Waals surface area contributed by atoms with Gasteiger partial charge in [-0.2, -0.15) is 0 Å². The van der Waals surface area contributed by atoms with Crippen LogP contribution >= 0.6 is 0 Å². The first-order chi connectivity index (χ1) is 9.72. The summed E-state index contributed by atoms with van der Waals surface area (Å²) < 4.78 is 5.24. The third-order valence-corrected chi connectivity index (χ3v) is 3.09. The summed E-state index contributed by atoms with van der Waals surface area (Å²) in [6.07, 6.45) is 0. The molecule has 3 N–H and O–H groups in total. The molecule has 0 radical (unpaired) electrons. The Balaban J connectivity index is 1.99. The van der Waals surface area contributed by atoms with Gasteiger partial charge in [0.25, 0.3) is 0 Å². The fraction of sp³-hybridized carbons (Fsp3) is 0.188. The van der Waals surface area contributed by atoms with Gasteiger partial charge in [0.2, 0.25) is 5.91 Å². The molecule has 4 heteroatoms. The van der Waals surface area contributed by atoms with E-state index in [-0.39, 0.29) is 5.91 Å². The van der Waals surface area contributed by atoms with Crippen LogP contribution in [0.15, 0.2) is 54.6 Å². The maximum atomic E-state index is 12.0. The topological polar surface area (TPSA) is 64.3 Å². The number of ether oxygens (including phenoxy) is 1. The largest absolute Gasteiger partial charge is 0.496 e. The Morgan fingerprint density at radius 1 is 1.15 bits per heavy atom. The first kappa shape index (κ1) is 14.1. The van der Waals surface area contributed by atoms with Crippen LogP contribution in [0.25, 0.3) is 0 Å². The van der Waals surface area contributed by atoms with Crippen molar-refractivity contribution in [2.24, 2.45) is 5.73 Å². The fourth-order valence-electron chi connectivity index (χ4n) is 1.95. The minimum absolute atomic E-state index is 0.206. The second-order valence-electron chi connectivity index (χ2n) is 4.42. The van der Waals surface area contributed by atoms with Gasteiger partial charge in [0.05, 0.1) is 7.11 Å². The Morgan fingerprint density at radius 3 is 2.50 bits per heavy atom. The second-order valence-corrected chi connectivity index (χ2v) is 4.42. The summed E-state index contributed by atoms with van der Waals surface area (Å²) in [5.41, 5.74) is 7.65. The quantitative estimate of drug-likeness (QED) is 0.873. The van der Waals surface area contributed by atoms with Crippen molar-refractivity contribution in [1.82, 2.24) is 5.32 Å². The van der Waals surface area contributed by atoms with E-state index in [1.807, 2.05) is 54.6 Å². The fourth-order valence-corrected chi connectivity index (χ4v) is 1.95. The van der Waals surface area contributed by atoms with E-state index in [2.05, 4.69) is 5.32 Å². The van der Waals surface area contributed by atoms with Gasteiger partial charge < -0.3 is 15.8 Å². The van der Waals surface area contributed by atoms with Crippen molar-refractivity contribution in [3.63, 3.8) is 0 Å². The van der Waals surface area contributed by atoms with E-state index in [0.717, 1.165) is 16.9 Å². The van der Waals surface area contributed by atoms with E-state index in [9.17, 15) is 4.79 Å². The number of para-hydroxylation sites is 1. The maximum absolute atomic E-state index is 12.0. The Morgan fingerprint density at radius 2 is 1.80 bits per heavy atom. The molecule has 0 aliphatic carbocycles. The third-order valence-electron chi connectivity index (χ3n) is 3.09. The Hall–Kier alpha value is -2.33. The zero-order valence-corrected chi connectivity index (χ0v) is 11.4. The number of hydrogen-bond acceptors (Lipinski definition) is 3. The summed E-state index contributed by atoms with van der Waals surface area (Å²) in [6, 6.07) is 16.2. The normalized spacial score (nSPS) is 11.7. The van der Waals surface area contributed by atoms with Crippen molar-refractivity contribution < 1.29 is 9.53 Å². The summed E-state index contributed by atoms with van der Waals surface area (Å²) in [5.74, 6) is 0.545. The van der Waals surface area contributed by atoms with Crippen LogP contribution in [0.2, 0.25) is 0 Å². The molecule has 0 spiro atoms. The molecule has 104 valence electrons. The number of amides is 1. The van der Waals surface area contributed by atoms with Crippen molar-refractivity contribution in [2.45, 2.75) is 12.6 Å². The van der Waals surface area contributed by atoms with E-state index < -0.39 is 6.04 Å². The lowest BCUT2D eigenvalue weighted by Gasteiger charge is -2.14. The van der Waals surface area contributed by atoms with Crippen molar-refractivity contribution in [3.05, 3.63) is 65.7 Å². The molecule has 4 nitrogen and oxygen atoms in total. The van der Waals surface area contributed by atoms with Gasteiger partial charge >= 0.3 is 0 Å². The number of nitrogens with one attached hydrogen (secondary N) is 1. The molecule has 0 aliphatic rings. The van der Waals surface area contributed by atoms with E-state index in [4.69, 9.17) is 10.5 Å². The lowest BCUT2D eigenvalue weighted by atomic mass is 10.1. The minimum atomic E-state index is -0.661. The summed E-state index contributed by atoms with van der Waals surface area (Å²) in [7, 11) is 1.61. The molecule has 1 unspecified atom stereocenters. The summed E-state index contributed by atoms with van der Waals surface area (Å²) in [4.78, 5) is 12.0. The summed E-state index contributed by atoms with van der Waals surface area (Å²) in [6.45, 7) is 0.392. The number of rotatable bonds is 5. The molecule has 0 saturated carbocycles. The number of carbonyl (C=O) groups excluding carboxylic acids is 1. The van der Waals surface area contributed by atoms with Crippen LogP contribution in [-0.4, -0.2) is 13.0 Å². The van der Waals surface area contributed by atoms with E-state index in [1.165, 1.54) is 0 Å². The van der Waals surface area contributed by atoms with Crippen LogP contribution in [0.5, 0.6) is 5.75 Å². The molecule has 0 heterocycles. The van der Waals surface area contributed by atoms with Gasteiger partial charge in [-0.3, -0.25) is 4.79 Å². The molecule has 2 aromatic rings. The van der Waals surface area contributed by atoms with Crippen LogP contribution in [0.4, 0.5) is 0 Å². The zero-order chi connectivity index (χ0) is 14.4. The van der Waals surface area contributed by atoms with Crippen LogP contribution in [0.1, 0.15) is 17.2 Å². The molecule has 0 aliphatic heterocycles. The van der Waals surface area contributed by atoms with Crippen molar-refractivity contribution in [1.29, 1.82) is 0 Å². The van der Waals surface area contributed by atoms with Gasteiger partial charge in [-0.25, -0.2) is 0 Å². The lowest BCUT2D eigenvalue weighted by molar-refractivity contribution is -0.122. The molecule has 0 saturated heterocycles. The number of nitrogens with two attached hydrogens (primary N) is 1. The lowest BCUT2D eigenvalue weighted by Crippen LogP contribution is -2.33. The smallest absolute Gasteiger partial charge is 0.241 e. The number of hydrogen-bond donors (Lipinski definition) is 2. The average Bonchev–Trinajstić information content (AvgIpc) is 2.53. The maximum Gasteiger partial charge on any atom is 0.241 e. The average molecular weight is 270 g/mol. The van der Waals surface area contributed by atoms with E-state index in [0.29, 0.717) is 6.54 Å². The number of benzene rings is 2. The highest BCUT2D eigenvalue weighted by molar-refractivity contribution is 5.82.